The lowest BCUT2D eigenvalue weighted by molar-refractivity contribution is 0.373. The van der Waals surface area contributed by atoms with E-state index in [1.165, 1.54) is 0 Å². The fraction of sp³-hybridized carbons (Fsp3) is 0.700. The predicted octanol–water partition coefficient (Wildman–Crippen LogP) is -0.295. The fourth-order valence-corrected chi connectivity index (χ4v) is 3.70. The van der Waals surface area contributed by atoms with Crippen LogP contribution in [0.15, 0.2) is 6.07 Å². The van der Waals surface area contributed by atoms with E-state index in [1.54, 1.807) is 11.8 Å². The zero-order valence-electron chi connectivity index (χ0n) is 10.0. The van der Waals surface area contributed by atoms with Crippen molar-refractivity contribution in [2.75, 3.05) is 18.6 Å². The molecule has 0 spiro atoms. The van der Waals surface area contributed by atoms with E-state index in [1.807, 2.05) is 13.1 Å². The van der Waals surface area contributed by atoms with Crippen molar-refractivity contribution >= 4 is 9.84 Å². The van der Waals surface area contributed by atoms with Crippen LogP contribution in [0.3, 0.4) is 0 Å². The second kappa shape index (κ2) is 4.66. The molecule has 17 heavy (non-hydrogen) atoms. The highest BCUT2D eigenvalue weighted by Crippen LogP contribution is 2.14. The van der Waals surface area contributed by atoms with Crippen LogP contribution >= 0.6 is 0 Å². The molecular weight excluding hydrogens is 242 g/mol. The molecule has 0 aromatic carbocycles. The maximum Gasteiger partial charge on any atom is 0.211 e. The quantitative estimate of drug-likeness (QED) is 0.804. The number of rotatable bonds is 4. The Labute approximate surface area is 101 Å². The predicted molar refractivity (Wildman–Crippen MR) is 63.7 cm³/mol. The molecule has 1 saturated heterocycles. The van der Waals surface area contributed by atoms with E-state index >= 15 is 0 Å². The Balaban J connectivity index is 1.90. The normalized spacial score (nSPS) is 22.8. The van der Waals surface area contributed by atoms with Crippen LogP contribution in [0, 0.1) is 0 Å². The van der Waals surface area contributed by atoms with Crippen molar-refractivity contribution in [1.82, 2.24) is 15.1 Å². The van der Waals surface area contributed by atoms with Crippen LogP contribution in [0.25, 0.3) is 0 Å². The summed E-state index contributed by atoms with van der Waals surface area (Å²) in [5.74, 6) is 1.22. The van der Waals surface area contributed by atoms with Gasteiger partial charge in [0.25, 0.3) is 0 Å². The number of hydrogen-bond acceptors (Lipinski definition) is 5. The molecule has 0 saturated carbocycles. The highest BCUT2D eigenvalue weighted by atomic mass is 32.2. The van der Waals surface area contributed by atoms with Gasteiger partial charge in [0.2, 0.25) is 5.88 Å². The maximum absolute atomic E-state index is 11.3. The Morgan fingerprint density at radius 2 is 2.41 bits per heavy atom. The molecule has 0 radical (unpaired) electrons. The van der Waals surface area contributed by atoms with Crippen LogP contribution in [0.5, 0.6) is 5.88 Å². The van der Waals surface area contributed by atoms with E-state index in [9.17, 15) is 8.42 Å². The zero-order valence-corrected chi connectivity index (χ0v) is 10.8. The van der Waals surface area contributed by atoms with Gasteiger partial charge in [-0.25, -0.2) is 13.1 Å². The molecule has 0 amide bonds. The van der Waals surface area contributed by atoms with Gasteiger partial charge >= 0.3 is 0 Å². The van der Waals surface area contributed by atoms with Crippen LogP contribution in [0.1, 0.15) is 12.1 Å². The Morgan fingerprint density at radius 1 is 1.65 bits per heavy atom. The molecule has 6 nitrogen and oxygen atoms in total. The number of ether oxygens (including phenoxy) is 1. The first kappa shape index (κ1) is 12.4. The highest BCUT2D eigenvalue weighted by molar-refractivity contribution is 7.91. The Kier molecular flexibility index (Phi) is 3.39. The molecule has 96 valence electrons. The van der Waals surface area contributed by atoms with Gasteiger partial charge in [-0.15, -0.1) is 0 Å². The number of nitrogens with zero attached hydrogens (tertiary/aromatic N) is 2. The second-order valence-electron chi connectivity index (χ2n) is 4.28. The first-order valence-corrected chi connectivity index (χ1v) is 7.33. The van der Waals surface area contributed by atoms with Crippen LogP contribution in [-0.4, -0.2) is 42.9 Å². The van der Waals surface area contributed by atoms with Crippen LogP contribution in [0.2, 0.25) is 0 Å². The van der Waals surface area contributed by atoms with Crippen molar-refractivity contribution in [3.63, 3.8) is 0 Å². The van der Waals surface area contributed by atoms with Gasteiger partial charge in [0, 0.05) is 25.7 Å². The molecular formula is C10H17N3O3S. The minimum atomic E-state index is -2.82. The molecule has 7 heteroatoms. The first-order chi connectivity index (χ1) is 8.00. The molecule has 0 aliphatic carbocycles. The minimum Gasteiger partial charge on any atom is -0.481 e. The molecule has 1 aromatic rings. The highest BCUT2D eigenvalue weighted by Gasteiger charge is 2.27. The van der Waals surface area contributed by atoms with E-state index in [0.717, 1.165) is 5.69 Å². The van der Waals surface area contributed by atoms with E-state index in [2.05, 4.69) is 10.4 Å². The van der Waals surface area contributed by atoms with Crippen LogP contribution in [-0.2, 0) is 23.4 Å². The third-order valence-electron chi connectivity index (χ3n) is 2.90. The Bertz CT molecular complexity index is 495. The summed E-state index contributed by atoms with van der Waals surface area (Å²) in [4.78, 5) is 0. The summed E-state index contributed by atoms with van der Waals surface area (Å²) in [6.07, 6.45) is 0.687. The monoisotopic (exact) mass is 259 g/mol. The van der Waals surface area contributed by atoms with Crippen molar-refractivity contribution in [2.45, 2.75) is 19.0 Å². The lowest BCUT2D eigenvalue weighted by atomic mass is 10.2. The summed E-state index contributed by atoms with van der Waals surface area (Å²) in [5, 5.41) is 7.47. The minimum absolute atomic E-state index is 0.0491. The molecule has 2 rings (SSSR count). The Hall–Kier alpha value is -1.08. The summed E-state index contributed by atoms with van der Waals surface area (Å²) in [7, 11) is 0.583. The average molecular weight is 259 g/mol. The lowest BCUT2D eigenvalue weighted by Crippen LogP contribution is -2.29. The first-order valence-electron chi connectivity index (χ1n) is 5.51. The molecule has 1 unspecified atom stereocenters. The number of aryl methyl sites for hydroxylation is 1. The van der Waals surface area contributed by atoms with Gasteiger partial charge in [-0.1, -0.05) is 0 Å². The van der Waals surface area contributed by atoms with Gasteiger partial charge in [0.05, 0.1) is 24.3 Å². The van der Waals surface area contributed by atoms with Crippen molar-refractivity contribution < 1.29 is 13.2 Å². The van der Waals surface area contributed by atoms with Crippen molar-refractivity contribution in [2.24, 2.45) is 7.05 Å². The van der Waals surface area contributed by atoms with E-state index < -0.39 is 9.84 Å². The topological polar surface area (TPSA) is 73.2 Å². The van der Waals surface area contributed by atoms with E-state index in [0.29, 0.717) is 18.8 Å². The number of methoxy groups -OCH3 is 1. The van der Waals surface area contributed by atoms with Crippen molar-refractivity contribution in [3.05, 3.63) is 11.8 Å². The molecule has 1 atom stereocenters. The van der Waals surface area contributed by atoms with Crippen molar-refractivity contribution in [3.8, 4) is 5.88 Å². The van der Waals surface area contributed by atoms with Gasteiger partial charge in [0.15, 0.2) is 9.84 Å². The molecule has 2 heterocycles. The van der Waals surface area contributed by atoms with Gasteiger partial charge in [-0.2, -0.15) is 5.10 Å². The third kappa shape index (κ3) is 2.98. The van der Waals surface area contributed by atoms with E-state index in [-0.39, 0.29) is 17.5 Å². The number of hydrogen-bond donors (Lipinski definition) is 1. The Morgan fingerprint density at radius 3 is 2.94 bits per heavy atom. The standard InChI is InChI=1S/C10H17N3O3S/c1-13-10(16-2)5-9(12-13)6-11-8-3-4-17(14,15)7-8/h5,8,11H,3-4,6-7H2,1-2H3. The SMILES string of the molecule is COc1cc(CNC2CCS(=O)(=O)C2)nn1C. The maximum atomic E-state index is 11.3. The average Bonchev–Trinajstić information content (AvgIpc) is 2.78. The van der Waals surface area contributed by atoms with Crippen LogP contribution < -0.4 is 10.1 Å². The molecule has 1 N–H and O–H groups in total. The largest absolute Gasteiger partial charge is 0.481 e. The summed E-state index contributed by atoms with van der Waals surface area (Å²) in [5.41, 5.74) is 0.855. The van der Waals surface area contributed by atoms with Gasteiger partial charge in [0.1, 0.15) is 0 Å². The number of nitrogens with one attached hydrogen (secondary N) is 1. The zero-order chi connectivity index (χ0) is 12.5. The molecule has 1 fully saturated rings. The number of sulfone groups is 1. The number of aromatic nitrogens is 2. The van der Waals surface area contributed by atoms with E-state index in [4.69, 9.17) is 4.74 Å². The summed E-state index contributed by atoms with van der Waals surface area (Å²) < 4.78 is 29.3. The molecule has 1 aromatic heterocycles. The molecule has 1 aliphatic heterocycles. The lowest BCUT2D eigenvalue weighted by Gasteiger charge is -2.08. The van der Waals surface area contributed by atoms with Gasteiger partial charge < -0.3 is 10.1 Å². The summed E-state index contributed by atoms with van der Waals surface area (Å²) >= 11 is 0. The summed E-state index contributed by atoms with van der Waals surface area (Å²) in [6, 6.07) is 1.89. The summed E-state index contributed by atoms with van der Waals surface area (Å²) in [6.45, 7) is 0.567. The smallest absolute Gasteiger partial charge is 0.211 e. The van der Waals surface area contributed by atoms with Gasteiger partial charge in [-0.05, 0) is 6.42 Å². The van der Waals surface area contributed by atoms with Crippen molar-refractivity contribution in [1.29, 1.82) is 0 Å². The van der Waals surface area contributed by atoms with Gasteiger partial charge in [-0.3, -0.25) is 0 Å². The van der Waals surface area contributed by atoms with Crippen LogP contribution in [0.4, 0.5) is 0 Å². The molecule has 1 aliphatic rings. The second-order valence-corrected chi connectivity index (χ2v) is 6.51. The fourth-order valence-electron chi connectivity index (χ4n) is 1.99. The molecule has 0 bridgehead atoms. The third-order valence-corrected chi connectivity index (χ3v) is 4.67.